The molecule has 1 aromatic rings. The second-order valence-corrected chi connectivity index (χ2v) is 4.68. The number of rotatable bonds is 6. The van der Waals surface area contributed by atoms with Gasteiger partial charge in [-0.3, -0.25) is 9.89 Å². The van der Waals surface area contributed by atoms with Gasteiger partial charge in [0.25, 0.3) is 0 Å². The lowest BCUT2D eigenvalue weighted by atomic mass is 9.96. The van der Waals surface area contributed by atoms with Gasteiger partial charge >= 0.3 is 0 Å². The summed E-state index contributed by atoms with van der Waals surface area (Å²) >= 11 is 0. The zero-order valence-electron chi connectivity index (χ0n) is 10.8. The molecular weight excluding hydrogens is 216 g/mol. The lowest BCUT2D eigenvalue weighted by Crippen LogP contribution is -2.30. The molecule has 4 N–H and O–H groups in total. The molecule has 0 aliphatic carbocycles. The first-order valence-corrected chi connectivity index (χ1v) is 6.12. The molecule has 1 aromatic heterocycles. The molecule has 1 rings (SSSR count). The van der Waals surface area contributed by atoms with Crippen LogP contribution in [-0.2, 0) is 11.2 Å². The average molecular weight is 238 g/mol. The average Bonchev–Trinajstić information content (AvgIpc) is 2.73. The molecule has 0 radical (unpaired) electrons. The highest BCUT2D eigenvalue weighted by Crippen LogP contribution is 2.13. The minimum Gasteiger partial charge on any atom is -0.330 e. The lowest BCUT2D eigenvalue weighted by Gasteiger charge is -2.15. The first-order chi connectivity index (χ1) is 8.06. The molecule has 1 heterocycles. The van der Waals surface area contributed by atoms with E-state index in [9.17, 15) is 4.79 Å². The van der Waals surface area contributed by atoms with E-state index in [1.165, 1.54) is 0 Å². The van der Waals surface area contributed by atoms with E-state index in [0.717, 1.165) is 18.5 Å². The van der Waals surface area contributed by atoms with Crippen LogP contribution in [0.25, 0.3) is 0 Å². The number of nitrogens with zero attached hydrogens (tertiary/aromatic N) is 1. The number of nitrogens with two attached hydrogens (primary N) is 1. The van der Waals surface area contributed by atoms with Gasteiger partial charge in [-0.1, -0.05) is 20.8 Å². The van der Waals surface area contributed by atoms with Gasteiger partial charge in [0.1, 0.15) is 0 Å². The number of hydrogen-bond acceptors (Lipinski definition) is 3. The number of hydrogen-bond donors (Lipinski definition) is 3. The summed E-state index contributed by atoms with van der Waals surface area (Å²) in [5, 5.41) is 9.68. The second kappa shape index (κ2) is 6.39. The van der Waals surface area contributed by atoms with Gasteiger partial charge < -0.3 is 11.1 Å². The van der Waals surface area contributed by atoms with Crippen molar-refractivity contribution in [1.82, 2.24) is 10.2 Å². The van der Waals surface area contributed by atoms with E-state index < -0.39 is 0 Å². The number of aromatic amines is 1. The van der Waals surface area contributed by atoms with Crippen LogP contribution >= 0.6 is 0 Å². The smallest absolute Gasteiger partial charge is 0.229 e. The molecule has 0 aromatic carbocycles. The highest BCUT2D eigenvalue weighted by atomic mass is 16.2. The van der Waals surface area contributed by atoms with Gasteiger partial charge in [0, 0.05) is 18.3 Å². The van der Waals surface area contributed by atoms with Crippen LogP contribution in [0.15, 0.2) is 6.07 Å². The van der Waals surface area contributed by atoms with Crippen molar-refractivity contribution in [3.8, 4) is 0 Å². The van der Waals surface area contributed by atoms with Gasteiger partial charge in [-0.2, -0.15) is 5.10 Å². The number of amides is 1. The van der Waals surface area contributed by atoms with E-state index in [-0.39, 0.29) is 11.8 Å². The monoisotopic (exact) mass is 238 g/mol. The molecule has 0 fully saturated rings. The summed E-state index contributed by atoms with van der Waals surface area (Å²) in [4.78, 5) is 11.9. The molecule has 1 atom stereocenters. The minimum absolute atomic E-state index is 0.0460. The van der Waals surface area contributed by atoms with Crippen molar-refractivity contribution in [3.05, 3.63) is 11.8 Å². The maximum Gasteiger partial charge on any atom is 0.229 e. The molecule has 1 unspecified atom stereocenters. The van der Waals surface area contributed by atoms with Gasteiger partial charge in [0.05, 0.1) is 5.92 Å². The largest absolute Gasteiger partial charge is 0.330 e. The van der Waals surface area contributed by atoms with E-state index in [0.29, 0.717) is 18.3 Å². The van der Waals surface area contributed by atoms with Crippen molar-refractivity contribution >= 4 is 11.7 Å². The molecule has 0 saturated carbocycles. The van der Waals surface area contributed by atoms with E-state index in [4.69, 9.17) is 5.73 Å². The second-order valence-electron chi connectivity index (χ2n) is 4.68. The first kappa shape index (κ1) is 13.7. The van der Waals surface area contributed by atoms with E-state index in [1.807, 2.05) is 13.0 Å². The number of aryl methyl sites for hydroxylation is 1. The zero-order chi connectivity index (χ0) is 12.8. The molecule has 0 bridgehead atoms. The Labute approximate surface area is 102 Å². The highest BCUT2D eigenvalue weighted by Gasteiger charge is 2.18. The summed E-state index contributed by atoms with van der Waals surface area (Å²) in [5.74, 6) is 0.848. The van der Waals surface area contributed by atoms with Gasteiger partial charge in [-0.05, 0) is 18.8 Å². The van der Waals surface area contributed by atoms with E-state index >= 15 is 0 Å². The molecule has 0 aliphatic heterocycles. The van der Waals surface area contributed by atoms with Crippen LogP contribution in [0.4, 0.5) is 5.82 Å². The molecule has 0 spiro atoms. The van der Waals surface area contributed by atoms with Gasteiger partial charge in [0.2, 0.25) is 5.91 Å². The van der Waals surface area contributed by atoms with E-state index in [1.54, 1.807) is 0 Å². The van der Waals surface area contributed by atoms with Crippen molar-refractivity contribution in [2.75, 3.05) is 11.9 Å². The Balaban J connectivity index is 2.57. The zero-order valence-corrected chi connectivity index (χ0v) is 10.8. The Bertz CT molecular complexity index is 359. The molecule has 0 aliphatic rings. The summed E-state index contributed by atoms with van der Waals surface area (Å²) in [6, 6.07) is 1.85. The quantitative estimate of drug-likeness (QED) is 0.702. The van der Waals surface area contributed by atoms with Crippen molar-refractivity contribution in [3.63, 3.8) is 0 Å². The minimum atomic E-state index is -0.142. The van der Waals surface area contributed by atoms with Gasteiger partial charge in [-0.25, -0.2) is 0 Å². The topological polar surface area (TPSA) is 83.8 Å². The third-order valence-corrected chi connectivity index (χ3v) is 2.67. The Morgan fingerprint density at radius 1 is 1.59 bits per heavy atom. The number of H-pyrrole nitrogens is 1. The van der Waals surface area contributed by atoms with Crippen molar-refractivity contribution < 1.29 is 4.79 Å². The predicted molar refractivity (Wildman–Crippen MR) is 68.6 cm³/mol. The third kappa shape index (κ3) is 4.19. The van der Waals surface area contributed by atoms with Crippen LogP contribution in [0.1, 0.15) is 32.9 Å². The SMILES string of the molecule is CCc1cc(NC(=O)C(CN)CC(C)C)n[nH]1. The summed E-state index contributed by atoms with van der Waals surface area (Å²) in [6.45, 7) is 6.56. The number of carbonyl (C=O) groups is 1. The fraction of sp³-hybridized carbons (Fsp3) is 0.667. The van der Waals surface area contributed by atoms with Crippen LogP contribution in [-0.4, -0.2) is 22.6 Å². The predicted octanol–water partition coefficient (Wildman–Crippen LogP) is 1.53. The Morgan fingerprint density at radius 3 is 2.76 bits per heavy atom. The van der Waals surface area contributed by atoms with Crippen LogP contribution < -0.4 is 11.1 Å². The summed E-state index contributed by atoms with van der Waals surface area (Å²) < 4.78 is 0. The fourth-order valence-electron chi connectivity index (χ4n) is 1.71. The van der Waals surface area contributed by atoms with Gasteiger partial charge in [-0.15, -0.1) is 0 Å². The third-order valence-electron chi connectivity index (χ3n) is 2.67. The molecule has 17 heavy (non-hydrogen) atoms. The summed E-state index contributed by atoms with van der Waals surface area (Å²) in [6.07, 6.45) is 1.67. The van der Waals surface area contributed by atoms with Crippen LogP contribution in [0.3, 0.4) is 0 Å². The molecule has 5 nitrogen and oxygen atoms in total. The maximum absolute atomic E-state index is 11.9. The molecule has 96 valence electrons. The molecular formula is C12H22N4O. The van der Waals surface area contributed by atoms with Crippen molar-refractivity contribution in [1.29, 1.82) is 0 Å². The van der Waals surface area contributed by atoms with Crippen LogP contribution in [0, 0.1) is 11.8 Å². The molecule has 5 heteroatoms. The molecule has 0 saturated heterocycles. The maximum atomic E-state index is 11.9. The summed E-state index contributed by atoms with van der Waals surface area (Å²) in [7, 11) is 0. The first-order valence-electron chi connectivity index (χ1n) is 6.12. The van der Waals surface area contributed by atoms with Crippen LogP contribution in [0.5, 0.6) is 0 Å². The number of anilines is 1. The number of carbonyl (C=O) groups excluding carboxylic acids is 1. The van der Waals surface area contributed by atoms with Gasteiger partial charge in [0.15, 0.2) is 5.82 Å². The number of aromatic nitrogens is 2. The number of nitrogens with one attached hydrogen (secondary N) is 2. The fourth-order valence-corrected chi connectivity index (χ4v) is 1.71. The standard InChI is InChI=1S/C12H22N4O/c1-4-10-6-11(16-15-10)14-12(17)9(7-13)5-8(2)3/h6,8-9H,4-5,7,13H2,1-3H3,(H2,14,15,16,17). The highest BCUT2D eigenvalue weighted by molar-refractivity contribution is 5.91. The molecule has 1 amide bonds. The Morgan fingerprint density at radius 2 is 2.29 bits per heavy atom. The summed E-state index contributed by atoms with van der Waals surface area (Å²) in [5.41, 5.74) is 6.63. The van der Waals surface area contributed by atoms with Crippen LogP contribution in [0.2, 0.25) is 0 Å². The van der Waals surface area contributed by atoms with Crippen molar-refractivity contribution in [2.24, 2.45) is 17.6 Å². The Kier molecular flexibility index (Phi) is 5.15. The normalized spacial score (nSPS) is 12.8. The van der Waals surface area contributed by atoms with E-state index in [2.05, 4.69) is 29.4 Å². The Hall–Kier alpha value is -1.36. The lowest BCUT2D eigenvalue weighted by molar-refractivity contribution is -0.120. The van der Waals surface area contributed by atoms with Crippen molar-refractivity contribution in [2.45, 2.75) is 33.6 Å².